The Hall–Kier alpha value is -3.41. The van der Waals surface area contributed by atoms with Gasteiger partial charge in [0, 0.05) is 19.3 Å². The van der Waals surface area contributed by atoms with Gasteiger partial charge in [-0.2, -0.15) is 0 Å². The lowest BCUT2D eigenvalue weighted by Gasteiger charge is -2.18. The van der Waals surface area contributed by atoms with Crippen LogP contribution in [0.3, 0.4) is 0 Å². The van der Waals surface area contributed by atoms with Gasteiger partial charge in [0.2, 0.25) is 0 Å². The van der Waals surface area contributed by atoms with Crippen molar-refractivity contribution in [1.82, 2.24) is 0 Å². The summed E-state index contributed by atoms with van der Waals surface area (Å²) in [5, 5.41) is 0. The summed E-state index contributed by atoms with van der Waals surface area (Å²) in [6.07, 6.45) is 84.6. The molecule has 6 nitrogen and oxygen atoms in total. The minimum Gasteiger partial charge on any atom is -0.462 e. The first-order valence-corrected chi connectivity index (χ1v) is 32.6. The van der Waals surface area contributed by atoms with E-state index in [2.05, 4.69) is 106 Å². The quantitative estimate of drug-likeness (QED) is 0.0261. The van der Waals surface area contributed by atoms with E-state index in [0.717, 1.165) is 103 Å². The minimum atomic E-state index is -0.782. The Kier molecular flexibility index (Phi) is 61.2. The largest absolute Gasteiger partial charge is 0.462 e. The van der Waals surface area contributed by atoms with Crippen molar-refractivity contribution in [3.8, 4) is 0 Å². The molecule has 0 fully saturated rings. The summed E-state index contributed by atoms with van der Waals surface area (Å²) in [5.74, 6) is -0.882. The van der Waals surface area contributed by atoms with E-state index < -0.39 is 6.10 Å². The van der Waals surface area contributed by atoms with Gasteiger partial charge in [0.25, 0.3) is 0 Å². The Bertz CT molecular complexity index is 1450. The number of hydrogen-bond donors (Lipinski definition) is 0. The molecule has 0 aliphatic heterocycles. The summed E-state index contributed by atoms with van der Waals surface area (Å²) in [7, 11) is 0. The minimum absolute atomic E-state index is 0.0793. The molecule has 0 rings (SSSR count). The number of ether oxygens (including phenoxy) is 3. The molecule has 0 heterocycles. The summed E-state index contributed by atoms with van der Waals surface area (Å²) in [6, 6.07) is 0. The second kappa shape index (κ2) is 64.1. The average molecular weight is 1060 g/mol. The molecule has 6 heteroatoms. The summed E-state index contributed by atoms with van der Waals surface area (Å²) in [4.78, 5) is 38.3. The fourth-order valence-electron chi connectivity index (χ4n) is 9.23. The monoisotopic (exact) mass is 1060 g/mol. The molecule has 438 valence electrons. The predicted molar refractivity (Wildman–Crippen MR) is 330 cm³/mol. The molecule has 1 atom stereocenters. The molecule has 0 aliphatic rings. The van der Waals surface area contributed by atoms with Crippen LogP contribution in [-0.2, 0) is 28.6 Å². The van der Waals surface area contributed by atoms with Crippen molar-refractivity contribution < 1.29 is 28.6 Å². The Balaban J connectivity index is 4.23. The number of hydrogen-bond acceptors (Lipinski definition) is 6. The van der Waals surface area contributed by atoms with Gasteiger partial charge in [0.15, 0.2) is 6.10 Å². The summed E-state index contributed by atoms with van der Waals surface area (Å²) < 4.78 is 16.9. The van der Waals surface area contributed by atoms with Gasteiger partial charge in [-0.05, 0) is 109 Å². The number of carbonyl (C=O) groups is 3. The van der Waals surface area contributed by atoms with Crippen molar-refractivity contribution in [3.63, 3.8) is 0 Å². The molecule has 1 unspecified atom stereocenters. The topological polar surface area (TPSA) is 78.9 Å². The first kappa shape index (κ1) is 72.6. The van der Waals surface area contributed by atoms with E-state index in [0.29, 0.717) is 19.3 Å². The maximum atomic E-state index is 12.9. The molecule has 0 saturated heterocycles. The molecule has 76 heavy (non-hydrogen) atoms. The van der Waals surface area contributed by atoms with Crippen LogP contribution in [-0.4, -0.2) is 37.2 Å². The van der Waals surface area contributed by atoms with Crippen LogP contribution in [0.2, 0.25) is 0 Å². The van der Waals surface area contributed by atoms with Gasteiger partial charge in [-0.25, -0.2) is 0 Å². The van der Waals surface area contributed by atoms with Crippen LogP contribution in [0.25, 0.3) is 0 Å². The molecule has 0 aromatic carbocycles. The van der Waals surface area contributed by atoms with Crippen LogP contribution in [0.5, 0.6) is 0 Å². The summed E-state index contributed by atoms with van der Waals surface area (Å²) in [5.41, 5.74) is 0. The molecule has 0 spiro atoms. The smallest absolute Gasteiger partial charge is 0.306 e. The fourth-order valence-corrected chi connectivity index (χ4v) is 9.23. The van der Waals surface area contributed by atoms with Crippen LogP contribution >= 0.6 is 0 Å². The average Bonchev–Trinajstić information content (AvgIpc) is 3.42. The first-order valence-electron chi connectivity index (χ1n) is 32.6. The molecular formula is C70H122O6. The van der Waals surface area contributed by atoms with Crippen molar-refractivity contribution in [2.45, 2.75) is 329 Å². The van der Waals surface area contributed by atoms with Gasteiger partial charge in [0.05, 0.1) is 0 Å². The molecule has 0 aromatic rings. The normalized spacial score (nSPS) is 12.6. The summed E-state index contributed by atoms with van der Waals surface area (Å²) >= 11 is 0. The van der Waals surface area contributed by atoms with E-state index in [1.165, 1.54) is 180 Å². The van der Waals surface area contributed by atoms with E-state index in [1.54, 1.807) is 0 Å². The van der Waals surface area contributed by atoms with E-state index in [-0.39, 0.29) is 31.1 Å². The van der Waals surface area contributed by atoms with Gasteiger partial charge in [0.1, 0.15) is 13.2 Å². The fraction of sp³-hybridized carbons (Fsp3) is 0.757. The second-order valence-corrected chi connectivity index (χ2v) is 21.6. The molecule has 0 saturated carbocycles. The maximum absolute atomic E-state index is 12.9. The second-order valence-electron chi connectivity index (χ2n) is 21.6. The molecule has 0 amide bonds. The van der Waals surface area contributed by atoms with Crippen LogP contribution in [0.15, 0.2) is 85.1 Å². The zero-order valence-corrected chi connectivity index (χ0v) is 50.3. The van der Waals surface area contributed by atoms with Crippen molar-refractivity contribution in [3.05, 3.63) is 85.1 Å². The van der Waals surface area contributed by atoms with Gasteiger partial charge in [-0.15, -0.1) is 0 Å². The van der Waals surface area contributed by atoms with Crippen molar-refractivity contribution in [2.75, 3.05) is 13.2 Å². The lowest BCUT2D eigenvalue weighted by atomic mass is 10.0. The third-order valence-electron chi connectivity index (χ3n) is 14.1. The number of unbranched alkanes of at least 4 members (excludes halogenated alkanes) is 34. The molecule has 0 aliphatic carbocycles. The highest BCUT2D eigenvalue weighted by Gasteiger charge is 2.19. The van der Waals surface area contributed by atoms with Crippen molar-refractivity contribution in [1.29, 1.82) is 0 Å². The van der Waals surface area contributed by atoms with Gasteiger partial charge in [-0.1, -0.05) is 279 Å². The Labute approximate surface area is 471 Å². The molecule has 0 bridgehead atoms. The van der Waals surface area contributed by atoms with E-state index in [4.69, 9.17) is 14.2 Å². The zero-order chi connectivity index (χ0) is 55.0. The Morgan fingerprint density at radius 1 is 0.276 bits per heavy atom. The lowest BCUT2D eigenvalue weighted by molar-refractivity contribution is -0.167. The van der Waals surface area contributed by atoms with Crippen LogP contribution in [0.1, 0.15) is 323 Å². The van der Waals surface area contributed by atoms with Crippen molar-refractivity contribution >= 4 is 17.9 Å². The molecule has 0 radical (unpaired) electrons. The van der Waals surface area contributed by atoms with Crippen LogP contribution in [0, 0.1) is 0 Å². The number of carbonyl (C=O) groups excluding carboxylic acids is 3. The molecular weight excluding hydrogens is 937 g/mol. The van der Waals surface area contributed by atoms with Crippen LogP contribution < -0.4 is 0 Å². The number of esters is 3. The highest BCUT2D eigenvalue weighted by Crippen LogP contribution is 2.17. The zero-order valence-electron chi connectivity index (χ0n) is 50.3. The van der Waals surface area contributed by atoms with Gasteiger partial charge >= 0.3 is 17.9 Å². The Morgan fingerprint density at radius 2 is 0.539 bits per heavy atom. The number of rotatable bonds is 59. The van der Waals surface area contributed by atoms with E-state index >= 15 is 0 Å². The molecule has 0 N–H and O–H groups in total. The maximum Gasteiger partial charge on any atom is 0.306 e. The number of allylic oxidation sites excluding steroid dienone is 14. The SMILES string of the molecule is CC/C=C\C/C=C\C/C=C\C/C=C\CCCCCCCCCCCCCCC(=O)OCC(COC(=O)CCCCCCC/C=C\CCC)OC(=O)CCCCCCCCCCCCC/C=C\C/C=C\CCCCCCC. The highest BCUT2D eigenvalue weighted by atomic mass is 16.6. The Morgan fingerprint density at radius 3 is 0.868 bits per heavy atom. The third-order valence-corrected chi connectivity index (χ3v) is 14.1. The predicted octanol–water partition coefficient (Wildman–Crippen LogP) is 22.3. The first-order chi connectivity index (χ1) is 37.5. The van der Waals surface area contributed by atoms with Crippen molar-refractivity contribution in [2.24, 2.45) is 0 Å². The van der Waals surface area contributed by atoms with Gasteiger partial charge < -0.3 is 14.2 Å². The van der Waals surface area contributed by atoms with Crippen LogP contribution in [0.4, 0.5) is 0 Å². The molecule has 0 aromatic heterocycles. The standard InChI is InChI=1S/C70H122O6/c1-4-7-10-13-16-19-22-24-26-28-30-32-34-35-37-38-40-42-44-46-48-51-54-57-60-63-69(72)75-66-67(65-74-68(71)62-59-56-53-50-21-18-15-12-9-6-3)76-70(73)64-61-58-55-52-49-47-45-43-41-39-36-33-31-29-27-25-23-20-17-14-11-8-5-2/h7,10,12,15-16,19,23-26,29-32,67H,4-6,8-9,11,13-14,17-18,20-22,27-28,33-66H2,1-3H3/b10-7-,15-12-,19-16-,25-23-,26-24-,31-29-,32-30-. The van der Waals surface area contributed by atoms with E-state index in [1.807, 2.05) is 0 Å². The summed E-state index contributed by atoms with van der Waals surface area (Å²) in [6.45, 7) is 6.48. The highest BCUT2D eigenvalue weighted by molar-refractivity contribution is 5.71. The third kappa shape index (κ3) is 61.4. The van der Waals surface area contributed by atoms with E-state index in [9.17, 15) is 14.4 Å². The van der Waals surface area contributed by atoms with Gasteiger partial charge in [-0.3, -0.25) is 14.4 Å². The lowest BCUT2D eigenvalue weighted by Crippen LogP contribution is -2.30.